The van der Waals surface area contributed by atoms with Crippen LogP contribution >= 0.6 is 15.9 Å². The van der Waals surface area contributed by atoms with Crippen molar-refractivity contribution in [3.8, 4) is 5.75 Å². The molecule has 21 heavy (non-hydrogen) atoms. The maximum absolute atomic E-state index is 5.46. The number of hydrogen-bond acceptors (Lipinski definition) is 2. The van der Waals surface area contributed by atoms with Crippen molar-refractivity contribution >= 4 is 21.6 Å². The predicted molar refractivity (Wildman–Crippen MR) is 91.3 cm³/mol. The Morgan fingerprint density at radius 3 is 2.81 bits per heavy atom. The SMILES string of the molecule is COc1ccc(C)cc1NC1CCc2cc(Br)ccc2C1. The van der Waals surface area contributed by atoms with E-state index >= 15 is 0 Å². The lowest BCUT2D eigenvalue weighted by molar-refractivity contribution is 0.415. The molecule has 0 saturated heterocycles. The molecular weight excluding hydrogens is 326 g/mol. The molecule has 1 unspecified atom stereocenters. The van der Waals surface area contributed by atoms with Crippen LogP contribution in [0.2, 0.25) is 0 Å². The monoisotopic (exact) mass is 345 g/mol. The molecule has 1 aliphatic carbocycles. The number of aryl methyl sites for hydroxylation is 2. The first-order valence-corrected chi connectivity index (χ1v) is 8.13. The summed E-state index contributed by atoms with van der Waals surface area (Å²) in [5, 5.41) is 3.66. The van der Waals surface area contributed by atoms with E-state index in [2.05, 4.69) is 58.5 Å². The number of halogens is 1. The Morgan fingerprint density at radius 2 is 2.00 bits per heavy atom. The molecule has 0 radical (unpaired) electrons. The van der Waals surface area contributed by atoms with Gasteiger partial charge in [0.15, 0.2) is 0 Å². The lowest BCUT2D eigenvalue weighted by atomic mass is 9.88. The van der Waals surface area contributed by atoms with Crippen molar-refractivity contribution in [3.63, 3.8) is 0 Å². The van der Waals surface area contributed by atoms with Crippen LogP contribution in [0, 0.1) is 6.92 Å². The zero-order valence-corrected chi connectivity index (χ0v) is 14.0. The number of ether oxygens (including phenoxy) is 1. The fourth-order valence-corrected chi connectivity index (χ4v) is 3.41. The van der Waals surface area contributed by atoms with E-state index in [0.29, 0.717) is 6.04 Å². The van der Waals surface area contributed by atoms with E-state index in [1.165, 1.54) is 21.2 Å². The number of rotatable bonds is 3. The molecule has 0 aliphatic heterocycles. The minimum atomic E-state index is 0.467. The zero-order valence-electron chi connectivity index (χ0n) is 12.4. The second-order valence-electron chi connectivity index (χ2n) is 5.70. The molecule has 110 valence electrons. The maximum Gasteiger partial charge on any atom is 0.141 e. The summed E-state index contributed by atoms with van der Waals surface area (Å²) in [7, 11) is 1.73. The van der Waals surface area contributed by atoms with Gasteiger partial charge in [0.05, 0.1) is 12.8 Å². The van der Waals surface area contributed by atoms with Crippen molar-refractivity contribution < 1.29 is 4.74 Å². The molecule has 2 aromatic rings. The van der Waals surface area contributed by atoms with E-state index in [1.807, 2.05) is 6.07 Å². The fraction of sp³-hybridized carbons (Fsp3) is 0.333. The Hall–Kier alpha value is -1.48. The first kappa shape index (κ1) is 14.5. The standard InChI is InChI=1S/C18H20BrNO/c1-12-3-8-18(21-2)17(9-12)20-16-7-5-13-10-15(19)6-4-14(13)11-16/h3-4,6,8-10,16,20H,5,7,11H2,1-2H3. The summed E-state index contributed by atoms with van der Waals surface area (Å²) >= 11 is 3.55. The summed E-state index contributed by atoms with van der Waals surface area (Å²) in [6.45, 7) is 2.11. The number of nitrogens with one attached hydrogen (secondary N) is 1. The van der Waals surface area contributed by atoms with Gasteiger partial charge in [-0.15, -0.1) is 0 Å². The normalized spacial score (nSPS) is 17.2. The Balaban J connectivity index is 1.78. The van der Waals surface area contributed by atoms with Gasteiger partial charge >= 0.3 is 0 Å². The maximum atomic E-state index is 5.46. The lowest BCUT2D eigenvalue weighted by Gasteiger charge is -2.27. The molecule has 3 heteroatoms. The third-order valence-electron chi connectivity index (χ3n) is 4.11. The average Bonchev–Trinajstić information content (AvgIpc) is 2.48. The molecule has 1 N–H and O–H groups in total. The Morgan fingerprint density at radius 1 is 1.14 bits per heavy atom. The van der Waals surface area contributed by atoms with E-state index in [1.54, 1.807) is 7.11 Å². The predicted octanol–water partition coefficient (Wildman–Crippen LogP) is 4.74. The molecule has 1 atom stereocenters. The summed E-state index contributed by atoms with van der Waals surface area (Å²) in [5.74, 6) is 0.919. The molecule has 0 amide bonds. The lowest BCUT2D eigenvalue weighted by Crippen LogP contribution is -2.27. The summed E-state index contributed by atoms with van der Waals surface area (Å²) in [4.78, 5) is 0. The average molecular weight is 346 g/mol. The van der Waals surface area contributed by atoms with Crippen LogP contribution in [0.1, 0.15) is 23.1 Å². The summed E-state index contributed by atoms with van der Waals surface area (Å²) < 4.78 is 6.63. The third kappa shape index (κ3) is 3.24. The topological polar surface area (TPSA) is 21.3 Å². The van der Waals surface area contributed by atoms with Gasteiger partial charge in [0.25, 0.3) is 0 Å². The van der Waals surface area contributed by atoms with Crippen molar-refractivity contribution in [2.24, 2.45) is 0 Å². The highest BCUT2D eigenvalue weighted by molar-refractivity contribution is 9.10. The Labute approximate surface area is 134 Å². The van der Waals surface area contributed by atoms with E-state index < -0.39 is 0 Å². The quantitative estimate of drug-likeness (QED) is 0.867. The highest BCUT2D eigenvalue weighted by Crippen LogP contribution is 2.30. The molecule has 2 aromatic carbocycles. The summed E-state index contributed by atoms with van der Waals surface area (Å²) in [6.07, 6.45) is 3.35. The van der Waals surface area contributed by atoms with E-state index in [9.17, 15) is 0 Å². The van der Waals surface area contributed by atoms with Gasteiger partial charge < -0.3 is 10.1 Å². The van der Waals surface area contributed by atoms with Crippen LogP contribution in [0.4, 0.5) is 5.69 Å². The molecular formula is C18H20BrNO. The zero-order chi connectivity index (χ0) is 14.8. The molecule has 1 aliphatic rings. The number of benzene rings is 2. The van der Waals surface area contributed by atoms with Gasteiger partial charge in [0.1, 0.15) is 5.75 Å². The number of fused-ring (bicyclic) bond motifs is 1. The van der Waals surface area contributed by atoms with Gasteiger partial charge in [-0.1, -0.05) is 28.1 Å². The molecule has 0 aromatic heterocycles. The Bertz CT molecular complexity index is 654. The van der Waals surface area contributed by atoms with E-state index in [4.69, 9.17) is 4.74 Å². The molecule has 0 bridgehead atoms. The third-order valence-corrected chi connectivity index (χ3v) is 4.60. The van der Waals surface area contributed by atoms with Gasteiger partial charge in [-0.25, -0.2) is 0 Å². The highest BCUT2D eigenvalue weighted by Gasteiger charge is 2.19. The molecule has 0 spiro atoms. The second-order valence-corrected chi connectivity index (χ2v) is 6.62. The van der Waals surface area contributed by atoms with Gasteiger partial charge in [0.2, 0.25) is 0 Å². The van der Waals surface area contributed by atoms with Crippen LogP contribution in [-0.4, -0.2) is 13.2 Å². The van der Waals surface area contributed by atoms with Crippen LogP contribution < -0.4 is 10.1 Å². The van der Waals surface area contributed by atoms with Gasteiger partial charge in [-0.2, -0.15) is 0 Å². The smallest absolute Gasteiger partial charge is 0.141 e. The van der Waals surface area contributed by atoms with Crippen molar-refractivity contribution in [2.45, 2.75) is 32.2 Å². The van der Waals surface area contributed by atoms with Crippen LogP contribution in [0.25, 0.3) is 0 Å². The molecule has 0 heterocycles. The number of methoxy groups -OCH3 is 1. The summed E-state index contributed by atoms with van der Waals surface area (Å²) in [5.41, 5.74) is 5.27. The van der Waals surface area contributed by atoms with Crippen molar-refractivity contribution in [1.82, 2.24) is 0 Å². The minimum absolute atomic E-state index is 0.467. The highest BCUT2D eigenvalue weighted by atomic mass is 79.9. The molecule has 0 fully saturated rings. The number of hydrogen-bond donors (Lipinski definition) is 1. The van der Waals surface area contributed by atoms with E-state index in [-0.39, 0.29) is 0 Å². The molecule has 2 nitrogen and oxygen atoms in total. The van der Waals surface area contributed by atoms with Crippen LogP contribution in [0.15, 0.2) is 40.9 Å². The van der Waals surface area contributed by atoms with Gasteiger partial charge in [-0.3, -0.25) is 0 Å². The summed E-state index contributed by atoms with van der Waals surface area (Å²) in [6, 6.07) is 13.4. The van der Waals surface area contributed by atoms with Crippen LogP contribution in [0.3, 0.4) is 0 Å². The molecule has 0 saturated carbocycles. The van der Waals surface area contributed by atoms with Crippen molar-refractivity contribution in [1.29, 1.82) is 0 Å². The number of anilines is 1. The first-order valence-electron chi connectivity index (χ1n) is 7.34. The Kier molecular flexibility index (Phi) is 4.20. The second kappa shape index (κ2) is 6.10. The first-order chi connectivity index (χ1) is 10.2. The fourth-order valence-electron chi connectivity index (χ4n) is 3.00. The van der Waals surface area contributed by atoms with Crippen molar-refractivity contribution in [2.75, 3.05) is 12.4 Å². The van der Waals surface area contributed by atoms with Crippen LogP contribution in [-0.2, 0) is 12.8 Å². The minimum Gasteiger partial charge on any atom is -0.495 e. The van der Waals surface area contributed by atoms with Crippen LogP contribution in [0.5, 0.6) is 5.75 Å². The molecule has 3 rings (SSSR count). The largest absolute Gasteiger partial charge is 0.495 e. The van der Waals surface area contributed by atoms with E-state index in [0.717, 1.165) is 30.7 Å². The van der Waals surface area contributed by atoms with Gasteiger partial charge in [0, 0.05) is 10.5 Å². The van der Waals surface area contributed by atoms with Gasteiger partial charge in [-0.05, 0) is 67.1 Å². The van der Waals surface area contributed by atoms with Crippen molar-refractivity contribution in [3.05, 3.63) is 57.6 Å².